The summed E-state index contributed by atoms with van der Waals surface area (Å²) in [5, 5.41) is 6.13. The fraction of sp³-hybridized carbons (Fsp3) is 0.500. The zero-order chi connectivity index (χ0) is 16.7. The molecular weight excluding hydrogens is 490 g/mol. The maximum Gasteiger partial charge on any atom is 0.241 e. The van der Waals surface area contributed by atoms with E-state index in [1.807, 2.05) is 17.9 Å². The van der Waals surface area contributed by atoms with Gasteiger partial charge in [-0.2, -0.15) is 0 Å². The third-order valence-electron chi connectivity index (χ3n) is 3.55. The van der Waals surface area contributed by atoms with Gasteiger partial charge in [0.1, 0.15) is 5.82 Å². The summed E-state index contributed by atoms with van der Waals surface area (Å²) >= 11 is 3.27. The molecule has 8 heteroatoms. The van der Waals surface area contributed by atoms with Gasteiger partial charge in [0.05, 0.1) is 13.1 Å². The molecule has 2 N–H and O–H groups in total. The highest BCUT2D eigenvalue weighted by molar-refractivity contribution is 14.0. The van der Waals surface area contributed by atoms with Crippen LogP contribution in [0.5, 0.6) is 0 Å². The lowest BCUT2D eigenvalue weighted by Crippen LogP contribution is -2.44. The van der Waals surface area contributed by atoms with Gasteiger partial charge in [-0.05, 0) is 43.5 Å². The highest BCUT2D eigenvalue weighted by atomic mass is 127. The summed E-state index contributed by atoms with van der Waals surface area (Å²) in [4.78, 5) is 18.3. The number of likely N-dealkylation sites (tertiary alicyclic amines) is 1. The number of amides is 1. The highest BCUT2D eigenvalue weighted by Crippen LogP contribution is 2.15. The van der Waals surface area contributed by atoms with Crippen LogP contribution >= 0.6 is 39.9 Å². The third kappa shape index (κ3) is 6.92. The minimum atomic E-state index is -0.299. The number of hydrogen-bond acceptors (Lipinski definition) is 2. The number of aliphatic imine (C=N–C) groups is 1. The molecule has 134 valence electrons. The first-order valence-corrected chi connectivity index (χ1v) is 8.62. The number of carbonyl (C=O) groups is 1. The minimum absolute atomic E-state index is 0. The van der Waals surface area contributed by atoms with Gasteiger partial charge in [0, 0.05) is 24.1 Å². The average molecular weight is 513 g/mol. The van der Waals surface area contributed by atoms with Crippen molar-refractivity contribution in [2.24, 2.45) is 4.99 Å². The molecule has 1 aromatic rings. The van der Waals surface area contributed by atoms with E-state index in [0.717, 1.165) is 31.5 Å². The van der Waals surface area contributed by atoms with Crippen LogP contribution in [0.4, 0.5) is 4.39 Å². The van der Waals surface area contributed by atoms with E-state index in [4.69, 9.17) is 0 Å². The molecule has 0 spiro atoms. The van der Waals surface area contributed by atoms with Crippen molar-refractivity contribution in [1.82, 2.24) is 15.5 Å². The first-order chi connectivity index (χ1) is 11.1. The Morgan fingerprint density at radius 2 is 2.00 bits per heavy atom. The van der Waals surface area contributed by atoms with E-state index >= 15 is 0 Å². The molecule has 1 saturated heterocycles. The Hall–Kier alpha value is -0.900. The second kappa shape index (κ2) is 10.9. The number of rotatable bonds is 5. The van der Waals surface area contributed by atoms with Crippen LogP contribution in [0.25, 0.3) is 0 Å². The Morgan fingerprint density at radius 3 is 2.62 bits per heavy atom. The second-order valence-electron chi connectivity index (χ2n) is 5.41. The first-order valence-electron chi connectivity index (χ1n) is 7.83. The molecule has 0 aliphatic carbocycles. The van der Waals surface area contributed by atoms with Gasteiger partial charge in [-0.15, -0.1) is 24.0 Å². The predicted octanol–water partition coefficient (Wildman–Crippen LogP) is 2.88. The monoisotopic (exact) mass is 512 g/mol. The number of hydrogen-bond donors (Lipinski definition) is 2. The molecule has 0 atom stereocenters. The molecule has 24 heavy (non-hydrogen) atoms. The average Bonchev–Trinajstić information content (AvgIpc) is 3.03. The van der Waals surface area contributed by atoms with Gasteiger partial charge < -0.3 is 15.5 Å². The van der Waals surface area contributed by atoms with Crippen LogP contribution in [-0.2, 0) is 11.3 Å². The van der Waals surface area contributed by atoms with Crippen molar-refractivity contribution in [2.45, 2.75) is 26.3 Å². The van der Waals surface area contributed by atoms with E-state index in [1.54, 1.807) is 0 Å². The zero-order valence-electron chi connectivity index (χ0n) is 13.6. The highest BCUT2D eigenvalue weighted by Gasteiger charge is 2.17. The quantitative estimate of drug-likeness (QED) is 0.362. The summed E-state index contributed by atoms with van der Waals surface area (Å²) in [6.07, 6.45) is 2.16. The largest absolute Gasteiger partial charge is 0.357 e. The Balaban J connectivity index is 0.00000288. The molecule has 2 rings (SSSR count). The summed E-state index contributed by atoms with van der Waals surface area (Å²) in [6.45, 7) is 4.88. The lowest BCUT2D eigenvalue weighted by molar-refractivity contribution is -0.128. The Kier molecular flexibility index (Phi) is 9.57. The van der Waals surface area contributed by atoms with E-state index in [2.05, 4.69) is 31.6 Å². The molecule has 0 bridgehead atoms. The lowest BCUT2D eigenvalue weighted by atomic mass is 10.2. The van der Waals surface area contributed by atoms with Crippen molar-refractivity contribution in [1.29, 1.82) is 0 Å². The summed E-state index contributed by atoms with van der Waals surface area (Å²) in [5.41, 5.74) is 0.764. The van der Waals surface area contributed by atoms with Crippen LogP contribution in [0.2, 0.25) is 0 Å². The maximum atomic E-state index is 13.4. The Morgan fingerprint density at radius 1 is 1.29 bits per heavy atom. The van der Waals surface area contributed by atoms with Gasteiger partial charge >= 0.3 is 0 Å². The molecule has 0 aromatic heterocycles. The Labute approximate surface area is 167 Å². The van der Waals surface area contributed by atoms with Crippen molar-refractivity contribution in [2.75, 3.05) is 26.2 Å². The third-order valence-corrected chi connectivity index (χ3v) is 4.01. The fourth-order valence-electron chi connectivity index (χ4n) is 2.45. The normalized spacial score (nSPS) is 14.3. The van der Waals surface area contributed by atoms with Crippen molar-refractivity contribution >= 4 is 51.8 Å². The molecule has 1 amide bonds. The van der Waals surface area contributed by atoms with Crippen LogP contribution < -0.4 is 10.6 Å². The maximum absolute atomic E-state index is 13.4. The molecule has 0 radical (unpaired) electrons. The van der Waals surface area contributed by atoms with Crippen molar-refractivity contribution < 1.29 is 9.18 Å². The number of halogens is 3. The minimum Gasteiger partial charge on any atom is -0.357 e. The molecular formula is C16H23BrFIN4O. The molecule has 1 fully saturated rings. The predicted molar refractivity (Wildman–Crippen MR) is 108 cm³/mol. The molecule has 1 aliphatic heterocycles. The fourth-order valence-corrected chi connectivity index (χ4v) is 2.96. The van der Waals surface area contributed by atoms with E-state index in [9.17, 15) is 9.18 Å². The van der Waals surface area contributed by atoms with Crippen LogP contribution in [0.3, 0.4) is 0 Å². The number of benzene rings is 1. The van der Waals surface area contributed by atoms with Crippen molar-refractivity contribution in [3.63, 3.8) is 0 Å². The van der Waals surface area contributed by atoms with E-state index in [0.29, 0.717) is 23.5 Å². The zero-order valence-corrected chi connectivity index (χ0v) is 17.6. The van der Waals surface area contributed by atoms with Gasteiger partial charge in [-0.1, -0.05) is 15.9 Å². The number of guanidine groups is 1. The number of nitrogens with zero attached hydrogens (tertiary/aromatic N) is 2. The van der Waals surface area contributed by atoms with Crippen LogP contribution in [0, 0.1) is 5.82 Å². The topological polar surface area (TPSA) is 56.7 Å². The van der Waals surface area contributed by atoms with Crippen LogP contribution in [0.15, 0.2) is 27.7 Å². The summed E-state index contributed by atoms with van der Waals surface area (Å²) in [5.74, 6) is 0.341. The SMILES string of the molecule is CCNC(=NCc1cc(F)cc(Br)c1)NCC(=O)N1CCCC1.I. The smallest absolute Gasteiger partial charge is 0.241 e. The first kappa shape index (κ1) is 21.1. The molecule has 1 aromatic carbocycles. The molecule has 0 unspecified atom stereocenters. The second-order valence-corrected chi connectivity index (χ2v) is 6.33. The van der Waals surface area contributed by atoms with Gasteiger partial charge in [0.25, 0.3) is 0 Å². The van der Waals surface area contributed by atoms with Gasteiger partial charge in [0.15, 0.2) is 5.96 Å². The van der Waals surface area contributed by atoms with E-state index < -0.39 is 0 Å². The Bertz CT molecular complexity index is 559. The van der Waals surface area contributed by atoms with Gasteiger partial charge in [0.2, 0.25) is 5.91 Å². The molecule has 5 nitrogen and oxygen atoms in total. The summed E-state index contributed by atoms with van der Waals surface area (Å²) in [6, 6.07) is 4.68. The number of carbonyl (C=O) groups excluding carboxylic acids is 1. The van der Waals surface area contributed by atoms with Gasteiger partial charge in [-0.25, -0.2) is 9.38 Å². The standard InChI is InChI=1S/C16H22BrFN4O.HI/c1-2-19-16(21-11-15(23)22-5-3-4-6-22)20-10-12-7-13(17)9-14(18)8-12;/h7-9H,2-6,10-11H2,1H3,(H2,19,20,21);1H. The van der Waals surface area contributed by atoms with Crippen molar-refractivity contribution in [3.05, 3.63) is 34.1 Å². The van der Waals surface area contributed by atoms with Gasteiger partial charge in [-0.3, -0.25) is 4.79 Å². The molecule has 0 saturated carbocycles. The summed E-state index contributed by atoms with van der Waals surface area (Å²) in [7, 11) is 0. The van der Waals surface area contributed by atoms with Crippen LogP contribution in [0.1, 0.15) is 25.3 Å². The molecule has 1 heterocycles. The molecule has 1 aliphatic rings. The lowest BCUT2D eigenvalue weighted by Gasteiger charge is -2.17. The van der Waals surface area contributed by atoms with Crippen molar-refractivity contribution in [3.8, 4) is 0 Å². The van der Waals surface area contributed by atoms with Crippen LogP contribution in [-0.4, -0.2) is 42.9 Å². The number of nitrogens with one attached hydrogen (secondary N) is 2. The van der Waals surface area contributed by atoms with E-state index in [-0.39, 0.29) is 42.2 Å². The summed E-state index contributed by atoms with van der Waals surface area (Å²) < 4.78 is 14.1. The van der Waals surface area contributed by atoms with E-state index in [1.165, 1.54) is 12.1 Å².